The first-order chi connectivity index (χ1) is 31.1. The van der Waals surface area contributed by atoms with Gasteiger partial charge in [-0.05, 0) is 44.9 Å². The molecule has 1 aliphatic rings. The van der Waals surface area contributed by atoms with Crippen LogP contribution in [0.1, 0.15) is 232 Å². The highest BCUT2D eigenvalue weighted by atomic mass is 32.3. The van der Waals surface area contributed by atoms with Crippen LogP contribution >= 0.6 is 0 Å². The Morgan fingerprint density at radius 3 is 1.50 bits per heavy atom. The fraction of sp³-hybridized carbons (Fsp3) is 0.902. The molecule has 1 aliphatic heterocycles. The molecule has 0 aliphatic carbocycles. The number of aliphatic hydroxyl groups is 3. The van der Waals surface area contributed by atoms with Gasteiger partial charge in [0.2, 0.25) is 0 Å². The summed E-state index contributed by atoms with van der Waals surface area (Å²) >= 11 is 0. The molecule has 0 aromatic rings. The van der Waals surface area contributed by atoms with Gasteiger partial charge in [-0.2, -0.15) is 8.42 Å². The molecule has 13 heteroatoms. The van der Waals surface area contributed by atoms with Gasteiger partial charge in [0.25, 0.3) is 0 Å². The summed E-state index contributed by atoms with van der Waals surface area (Å²) in [5.41, 5.74) is 0. The maximum atomic E-state index is 12.9. The molecule has 0 spiro atoms. The topological polar surface area (TPSA) is 178 Å². The van der Waals surface area contributed by atoms with Crippen LogP contribution in [0.3, 0.4) is 0 Å². The number of aliphatic hydroxyl groups excluding tert-OH is 3. The largest absolute Gasteiger partial charge is 0.457 e. The fourth-order valence-corrected chi connectivity index (χ4v) is 8.62. The van der Waals surface area contributed by atoms with Gasteiger partial charge in [-0.25, -0.2) is 4.18 Å². The SMILES string of the molecule is CCCCCC/C=C\C/C=C\CCCCCCCCCCOCC(COC1OC(CO)C(O)C(OS(=O)(=O)O)C1O)OC(=O)CCCCCCCCCCCCCCCCCCCC. The van der Waals surface area contributed by atoms with Crippen molar-refractivity contribution in [1.82, 2.24) is 0 Å². The van der Waals surface area contributed by atoms with Crippen LogP contribution in [0.25, 0.3) is 0 Å². The Bertz CT molecular complexity index is 1210. The van der Waals surface area contributed by atoms with Gasteiger partial charge in [0.15, 0.2) is 6.29 Å². The minimum Gasteiger partial charge on any atom is -0.457 e. The smallest absolute Gasteiger partial charge is 0.397 e. The number of esters is 1. The highest BCUT2D eigenvalue weighted by Gasteiger charge is 2.48. The number of allylic oxidation sites excluding steroid dienone is 4. The second-order valence-electron chi connectivity index (χ2n) is 18.1. The summed E-state index contributed by atoms with van der Waals surface area (Å²) in [7, 11) is -5.06. The highest BCUT2D eigenvalue weighted by molar-refractivity contribution is 7.80. The zero-order valence-electron chi connectivity index (χ0n) is 40.6. The molecule has 1 rings (SSSR count). The number of carbonyl (C=O) groups excluding carboxylic acids is 1. The van der Waals surface area contributed by atoms with E-state index in [2.05, 4.69) is 42.3 Å². The zero-order valence-corrected chi connectivity index (χ0v) is 41.4. The Kier molecular flexibility index (Phi) is 40.6. The summed E-state index contributed by atoms with van der Waals surface area (Å²) in [6.45, 7) is 4.00. The molecule has 0 aromatic carbocycles. The normalized spacial score (nSPS) is 19.9. The van der Waals surface area contributed by atoms with Crippen molar-refractivity contribution in [3.63, 3.8) is 0 Å². The Hall–Kier alpha value is -1.42. The summed E-state index contributed by atoms with van der Waals surface area (Å²) in [5, 5.41) is 30.8. The van der Waals surface area contributed by atoms with E-state index in [1.54, 1.807) is 0 Å². The minimum absolute atomic E-state index is 0.0362. The van der Waals surface area contributed by atoms with Crippen LogP contribution in [0.5, 0.6) is 0 Å². The molecule has 1 saturated heterocycles. The van der Waals surface area contributed by atoms with E-state index in [0.29, 0.717) is 13.0 Å². The van der Waals surface area contributed by atoms with E-state index in [1.807, 2.05) is 0 Å². The summed E-state index contributed by atoms with van der Waals surface area (Å²) in [6, 6.07) is 0. The first-order valence-corrected chi connectivity index (χ1v) is 27.5. The van der Waals surface area contributed by atoms with E-state index >= 15 is 0 Å². The van der Waals surface area contributed by atoms with Crippen LogP contribution in [0, 0.1) is 0 Å². The van der Waals surface area contributed by atoms with E-state index in [0.717, 1.165) is 51.4 Å². The molecule has 4 N–H and O–H groups in total. The molecular weight excluding hydrogens is 837 g/mol. The molecule has 1 fully saturated rings. The molecule has 6 unspecified atom stereocenters. The van der Waals surface area contributed by atoms with Gasteiger partial charge in [-0.1, -0.05) is 205 Å². The summed E-state index contributed by atoms with van der Waals surface area (Å²) in [5.74, 6) is -0.397. The first kappa shape index (κ1) is 60.6. The van der Waals surface area contributed by atoms with Crippen LogP contribution in [0.4, 0.5) is 0 Å². The molecular formula is C51H96O12S. The van der Waals surface area contributed by atoms with Crippen molar-refractivity contribution < 1.29 is 56.2 Å². The molecule has 12 nitrogen and oxygen atoms in total. The van der Waals surface area contributed by atoms with Crippen molar-refractivity contribution in [1.29, 1.82) is 0 Å². The van der Waals surface area contributed by atoms with E-state index in [9.17, 15) is 33.1 Å². The maximum Gasteiger partial charge on any atom is 0.397 e. The quantitative estimate of drug-likeness (QED) is 0.0197. The third-order valence-corrected chi connectivity index (χ3v) is 12.5. The lowest BCUT2D eigenvalue weighted by Crippen LogP contribution is -2.60. The lowest BCUT2D eigenvalue weighted by atomic mass is 9.99. The lowest BCUT2D eigenvalue weighted by Gasteiger charge is -2.41. The molecule has 64 heavy (non-hydrogen) atoms. The first-order valence-electron chi connectivity index (χ1n) is 26.1. The Morgan fingerprint density at radius 1 is 0.594 bits per heavy atom. The summed E-state index contributed by atoms with van der Waals surface area (Å²) in [4.78, 5) is 12.9. The maximum absolute atomic E-state index is 12.9. The molecule has 1 heterocycles. The van der Waals surface area contributed by atoms with Gasteiger partial charge in [0.05, 0.1) is 19.8 Å². The molecule has 0 saturated carbocycles. The molecule has 0 aromatic heterocycles. The van der Waals surface area contributed by atoms with Crippen molar-refractivity contribution >= 4 is 16.4 Å². The van der Waals surface area contributed by atoms with Gasteiger partial charge < -0.3 is 34.3 Å². The van der Waals surface area contributed by atoms with Gasteiger partial charge in [-0.15, -0.1) is 0 Å². The van der Waals surface area contributed by atoms with E-state index < -0.39 is 59.8 Å². The van der Waals surface area contributed by atoms with Crippen LogP contribution in [0.2, 0.25) is 0 Å². The van der Waals surface area contributed by atoms with Crippen LogP contribution in [-0.2, 0) is 38.3 Å². The molecule has 0 radical (unpaired) electrons. The van der Waals surface area contributed by atoms with Gasteiger partial charge in [0, 0.05) is 13.0 Å². The van der Waals surface area contributed by atoms with E-state index in [-0.39, 0.29) is 19.6 Å². The number of unbranched alkanes of at least 4 members (excludes halogenated alkanes) is 29. The summed E-state index contributed by atoms with van der Waals surface area (Å²) in [6.07, 6.45) is 40.6. The van der Waals surface area contributed by atoms with Crippen LogP contribution < -0.4 is 0 Å². The highest BCUT2D eigenvalue weighted by Crippen LogP contribution is 2.26. The van der Waals surface area contributed by atoms with Crippen molar-refractivity contribution in [2.75, 3.05) is 26.4 Å². The monoisotopic (exact) mass is 933 g/mol. The van der Waals surface area contributed by atoms with Crippen molar-refractivity contribution in [2.45, 2.75) is 269 Å². The Balaban J connectivity index is 2.35. The summed E-state index contributed by atoms with van der Waals surface area (Å²) < 4.78 is 59.3. The third-order valence-electron chi connectivity index (χ3n) is 12.1. The average molecular weight is 933 g/mol. The third kappa shape index (κ3) is 35.7. The number of hydrogen-bond acceptors (Lipinski definition) is 11. The number of ether oxygens (including phenoxy) is 4. The zero-order chi connectivity index (χ0) is 46.8. The van der Waals surface area contributed by atoms with Gasteiger partial charge >= 0.3 is 16.4 Å². The van der Waals surface area contributed by atoms with Crippen molar-refractivity contribution in [2.24, 2.45) is 0 Å². The van der Waals surface area contributed by atoms with E-state index in [4.69, 9.17) is 18.9 Å². The molecule has 0 bridgehead atoms. The van der Waals surface area contributed by atoms with Crippen molar-refractivity contribution in [3.05, 3.63) is 24.3 Å². The van der Waals surface area contributed by atoms with Crippen LogP contribution in [-0.4, -0.2) is 97.5 Å². The minimum atomic E-state index is -5.06. The second-order valence-corrected chi connectivity index (χ2v) is 19.2. The molecule has 378 valence electrons. The Labute approximate surface area is 391 Å². The number of hydrogen-bond donors (Lipinski definition) is 4. The Morgan fingerprint density at radius 2 is 1.03 bits per heavy atom. The predicted molar refractivity (Wildman–Crippen MR) is 257 cm³/mol. The lowest BCUT2D eigenvalue weighted by molar-refractivity contribution is -0.301. The van der Waals surface area contributed by atoms with E-state index in [1.165, 1.54) is 154 Å². The average Bonchev–Trinajstić information content (AvgIpc) is 3.27. The fourth-order valence-electron chi connectivity index (χ4n) is 8.12. The van der Waals surface area contributed by atoms with Gasteiger partial charge in [-0.3, -0.25) is 9.35 Å². The molecule has 6 atom stereocenters. The van der Waals surface area contributed by atoms with Gasteiger partial charge in [0.1, 0.15) is 30.5 Å². The number of rotatable bonds is 46. The molecule has 0 amide bonds. The predicted octanol–water partition coefficient (Wildman–Crippen LogP) is 12.0. The van der Waals surface area contributed by atoms with Crippen molar-refractivity contribution in [3.8, 4) is 0 Å². The number of carbonyl (C=O) groups is 1. The standard InChI is InChI=1S/C51H96O12S/c1-3-5-7-9-11-13-15-17-19-21-23-25-27-29-31-33-35-37-39-41-59-43-45(44-60-51-49(55)50(63-64(56,57)58)48(54)46(42-52)62-51)61-47(53)40-38-36-34-32-30-28-26-24-22-20-18-16-14-12-10-8-6-4-2/h13,15,19,21,45-46,48-52,54-55H,3-12,14,16-18,20,22-44H2,1-2H3,(H,56,57,58)/b15-13-,21-19-. The van der Waals surface area contributed by atoms with Crippen LogP contribution in [0.15, 0.2) is 24.3 Å². The second kappa shape index (κ2) is 42.9.